The van der Waals surface area contributed by atoms with Crippen molar-refractivity contribution in [1.29, 1.82) is 0 Å². The molecule has 4 nitrogen and oxygen atoms in total. The number of aryl methyl sites for hydroxylation is 1. The zero-order valence-corrected chi connectivity index (χ0v) is 26.5. The van der Waals surface area contributed by atoms with Crippen LogP contribution in [0.25, 0.3) is 10.9 Å². The van der Waals surface area contributed by atoms with Crippen LogP contribution in [0.4, 0.5) is 11.4 Å². The molecule has 0 unspecified atom stereocenters. The van der Waals surface area contributed by atoms with Crippen LogP contribution < -0.4 is 10.6 Å². The predicted molar refractivity (Wildman–Crippen MR) is 181 cm³/mol. The van der Waals surface area contributed by atoms with E-state index in [1.165, 1.54) is 46.3 Å². The fourth-order valence-electron chi connectivity index (χ4n) is 4.96. The van der Waals surface area contributed by atoms with Gasteiger partial charge in [-0.05, 0) is 99.3 Å². The molecule has 1 aliphatic carbocycles. The minimum absolute atomic E-state index is 0.334. The summed E-state index contributed by atoms with van der Waals surface area (Å²) in [6.07, 6.45) is 12.2. The van der Waals surface area contributed by atoms with Crippen molar-refractivity contribution in [3.05, 3.63) is 108 Å². The average molecular weight is 566 g/mol. The van der Waals surface area contributed by atoms with Gasteiger partial charge >= 0.3 is 0 Å². The van der Waals surface area contributed by atoms with Crippen LogP contribution >= 0.6 is 0 Å². The molecule has 0 saturated heterocycles. The van der Waals surface area contributed by atoms with Crippen molar-refractivity contribution < 1.29 is 4.79 Å². The standard InChI is InChI=1S/C21H27N.C14H15NO.C3H9N/c1-5-11-19-12-10-15-21(18(19)4)22(16-17(3)6-2)20-13-8-7-9-14-20;16-14(12-5-3-6-12)10-15-9-8-11-4-1-2-7-13(11)15;1-2-3-4/h7-10,12-16H,5-6,11H2,1-4H3;1-2,4,7-9,12H,3,5-6,10H2;2-4H2,1H3. The second-order valence-electron chi connectivity index (χ2n) is 11.2. The Labute approximate surface area is 254 Å². The first kappa shape index (κ1) is 32.9. The number of fused-ring (bicyclic) bond motifs is 1. The van der Waals surface area contributed by atoms with E-state index in [1.54, 1.807) is 0 Å². The third-order valence-corrected chi connectivity index (χ3v) is 7.99. The van der Waals surface area contributed by atoms with Gasteiger partial charge in [0.05, 0.1) is 6.54 Å². The molecule has 224 valence electrons. The zero-order valence-electron chi connectivity index (χ0n) is 26.5. The highest BCUT2D eigenvalue weighted by atomic mass is 16.1. The third-order valence-electron chi connectivity index (χ3n) is 7.99. The number of carbonyl (C=O) groups is 1. The van der Waals surface area contributed by atoms with Crippen molar-refractivity contribution in [2.75, 3.05) is 11.4 Å². The number of hydrogen-bond donors (Lipinski definition) is 1. The summed E-state index contributed by atoms with van der Waals surface area (Å²) in [5, 5.41) is 1.21. The van der Waals surface area contributed by atoms with Crippen LogP contribution in [-0.2, 0) is 17.8 Å². The van der Waals surface area contributed by atoms with Gasteiger partial charge < -0.3 is 15.2 Å². The summed E-state index contributed by atoms with van der Waals surface area (Å²) in [6, 6.07) is 27.5. The molecule has 1 heterocycles. The zero-order chi connectivity index (χ0) is 30.3. The normalized spacial score (nSPS) is 13.0. The van der Waals surface area contributed by atoms with Gasteiger partial charge in [0.15, 0.2) is 5.78 Å². The highest BCUT2D eigenvalue weighted by Crippen LogP contribution is 2.32. The topological polar surface area (TPSA) is 51.3 Å². The van der Waals surface area contributed by atoms with Crippen molar-refractivity contribution in [1.82, 2.24) is 4.57 Å². The van der Waals surface area contributed by atoms with Gasteiger partial charge in [-0.2, -0.15) is 0 Å². The summed E-state index contributed by atoms with van der Waals surface area (Å²) < 4.78 is 2.07. The summed E-state index contributed by atoms with van der Waals surface area (Å²) in [6.45, 7) is 12.3. The number of Topliss-reactive ketones (excluding diaryl/α,β-unsaturated/α-hetero) is 1. The van der Waals surface area contributed by atoms with E-state index in [0.29, 0.717) is 18.2 Å². The maximum atomic E-state index is 11.9. The van der Waals surface area contributed by atoms with Crippen LogP contribution in [0.15, 0.2) is 96.8 Å². The maximum absolute atomic E-state index is 11.9. The number of nitrogens with zero attached hydrogens (tertiary/aromatic N) is 2. The first-order valence-electron chi connectivity index (χ1n) is 15.8. The van der Waals surface area contributed by atoms with Gasteiger partial charge in [0.2, 0.25) is 0 Å². The minimum Gasteiger partial charge on any atom is -0.340 e. The lowest BCUT2D eigenvalue weighted by atomic mass is 9.82. The van der Waals surface area contributed by atoms with Crippen LogP contribution in [0.5, 0.6) is 0 Å². The Kier molecular flexibility index (Phi) is 13.6. The molecule has 42 heavy (non-hydrogen) atoms. The summed E-state index contributed by atoms with van der Waals surface area (Å²) >= 11 is 0. The van der Waals surface area contributed by atoms with Crippen LogP contribution in [0.1, 0.15) is 77.3 Å². The van der Waals surface area contributed by atoms with Crippen molar-refractivity contribution >= 4 is 28.1 Å². The highest BCUT2D eigenvalue weighted by molar-refractivity contribution is 5.85. The molecule has 0 atom stereocenters. The van der Waals surface area contributed by atoms with Crippen molar-refractivity contribution in [3.63, 3.8) is 0 Å². The second-order valence-corrected chi connectivity index (χ2v) is 11.2. The van der Waals surface area contributed by atoms with Gasteiger partial charge in [0, 0.05) is 35.2 Å². The van der Waals surface area contributed by atoms with Gasteiger partial charge in [-0.15, -0.1) is 0 Å². The monoisotopic (exact) mass is 565 g/mol. The Hall–Kier alpha value is -3.63. The average Bonchev–Trinajstić information content (AvgIpc) is 3.39. The Morgan fingerprint density at radius 2 is 1.62 bits per heavy atom. The van der Waals surface area contributed by atoms with Gasteiger partial charge in [-0.1, -0.05) is 87.7 Å². The summed E-state index contributed by atoms with van der Waals surface area (Å²) in [7, 11) is 0. The molecule has 0 amide bonds. The van der Waals surface area contributed by atoms with E-state index < -0.39 is 0 Å². The van der Waals surface area contributed by atoms with Crippen molar-refractivity contribution in [3.8, 4) is 0 Å². The Morgan fingerprint density at radius 1 is 0.929 bits per heavy atom. The lowest BCUT2D eigenvalue weighted by Gasteiger charge is -2.25. The molecular formula is C38H51N3O. The fourth-order valence-corrected chi connectivity index (χ4v) is 4.96. The smallest absolute Gasteiger partial charge is 0.155 e. The maximum Gasteiger partial charge on any atom is 0.155 e. The molecule has 2 N–H and O–H groups in total. The van der Waals surface area contributed by atoms with E-state index in [4.69, 9.17) is 5.73 Å². The second kappa shape index (κ2) is 17.4. The number of hydrogen-bond acceptors (Lipinski definition) is 3. The van der Waals surface area contributed by atoms with Gasteiger partial charge in [0.1, 0.15) is 0 Å². The first-order valence-corrected chi connectivity index (χ1v) is 15.8. The Morgan fingerprint density at radius 3 is 2.24 bits per heavy atom. The molecule has 0 radical (unpaired) electrons. The van der Waals surface area contributed by atoms with Gasteiger partial charge in [0.25, 0.3) is 0 Å². The molecule has 1 fully saturated rings. The van der Waals surface area contributed by atoms with Gasteiger partial charge in [-0.3, -0.25) is 4.79 Å². The molecule has 1 saturated carbocycles. The molecule has 5 rings (SSSR count). The van der Waals surface area contributed by atoms with E-state index in [2.05, 4.69) is 117 Å². The summed E-state index contributed by atoms with van der Waals surface area (Å²) in [5.41, 5.74) is 12.9. The Bertz CT molecular complexity index is 1400. The molecule has 1 aromatic heterocycles. The summed E-state index contributed by atoms with van der Waals surface area (Å²) in [4.78, 5) is 14.2. The Balaban J connectivity index is 0.000000211. The van der Waals surface area contributed by atoms with E-state index in [1.807, 2.05) is 18.3 Å². The molecule has 0 bridgehead atoms. The molecule has 4 heteroatoms. The van der Waals surface area contributed by atoms with E-state index in [9.17, 15) is 4.79 Å². The lowest BCUT2D eigenvalue weighted by Crippen LogP contribution is -2.25. The third kappa shape index (κ3) is 9.19. The number of anilines is 2. The minimum atomic E-state index is 0.334. The molecular weight excluding hydrogens is 514 g/mol. The van der Waals surface area contributed by atoms with Crippen molar-refractivity contribution in [2.24, 2.45) is 11.7 Å². The number of benzene rings is 3. The van der Waals surface area contributed by atoms with E-state index in [-0.39, 0.29) is 0 Å². The SMILES string of the molecule is CCCN.CCCc1cccc(N(C=C(C)CC)c2ccccc2)c1C.O=C(Cn1ccc2ccccc21)C1CCC1. The number of aromatic nitrogens is 1. The summed E-state index contributed by atoms with van der Waals surface area (Å²) in [5.74, 6) is 0.730. The lowest BCUT2D eigenvalue weighted by molar-refractivity contribution is -0.125. The molecule has 0 aliphatic heterocycles. The van der Waals surface area contributed by atoms with E-state index in [0.717, 1.165) is 44.2 Å². The molecule has 3 aromatic carbocycles. The van der Waals surface area contributed by atoms with Crippen LogP contribution in [0, 0.1) is 12.8 Å². The van der Waals surface area contributed by atoms with Crippen LogP contribution in [0.3, 0.4) is 0 Å². The molecule has 0 spiro atoms. The fraction of sp³-hybridized carbons (Fsp3) is 0.395. The van der Waals surface area contributed by atoms with Crippen LogP contribution in [0.2, 0.25) is 0 Å². The number of para-hydroxylation sites is 2. The van der Waals surface area contributed by atoms with Crippen molar-refractivity contribution in [2.45, 2.75) is 86.1 Å². The molecule has 1 aliphatic rings. The largest absolute Gasteiger partial charge is 0.340 e. The number of nitrogens with two attached hydrogens (primary N) is 1. The van der Waals surface area contributed by atoms with Gasteiger partial charge in [-0.25, -0.2) is 0 Å². The number of carbonyl (C=O) groups excluding carboxylic acids is 1. The number of rotatable bonds is 10. The number of allylic oxidation sites excluding steroid dienone is 1. The van der Waals surface area contributed by atoms with E-state index >= 15 is 0 Å². The predicted octanol–water partition coefficient (Wildman–Crippen LogP) is 9.77. The number of ketones is 1. The highest BCUT2D eigenvalue weighted by Gasteiger charge is 2.25. The first-order chi connectivity index (χ1) is 20.4. The molecule has 4 aromatic rings. The van der Waals surface area contributed by atoms with Crippen LogP contribution in [-0.4, -0.2) is 16.9 Å². The quantitative estimate of drug-likeness (QED) is 0.208.